The Labute approximate surface area is 165 Å². The predicted molar refractivity (Wildman–Crippen MR) is 105 cm³/mol. The molecular weight excluding hydrogens is 366 g/mol. The second-order valence-corrected chi connectivity index (χ2v) is 7.79. The fourth-order valence-corrected chi connectivity index (χ4v) is 4.22. The highest BCUT2D eigenvalue weighted by Gasteiger charge is 2.42. The summed E-state index contributed by atoms with van der Waals surface area (Å²) in [5.74, 6) is 0.0851. The number of nitrogens with one attached hydrogen (secondary N) is 1. The zero-order valence-electron chi connectivity index (χ0n) is 15.9. The highest BCUT2D eigenvalue weighted by atomic mass is 35.5. The maximum absolute atomic E-state index is 12.6. The smallest absolute Gasteiger partial charge is 0.317 e. The van der Waals surface area contributed by atoms with E-state index in [0.29, 0.717) is 44.4 Å². The van der Waals surface area contributed by atoms with Gasteiger partial charge in [-0.1, -0.05) is 23.7 Å². The first-order chi connectivity index (χ1) is 13.0. The number of nitrogens with zero attached hydrogens (tertiary/aromatic N) is 2. The van der Waals surface area contributed by atoms with Gasteiger partial charge in [-0.05, 0) is 43.4 Å². The summed E-state index contributed by atoms with van der Waals surface area (Å²) in [6.07, 6.45) is 3.26. The summed E-state index contributed by atoms with van der Waals surface area (Å²) in [5.41, 5.74) is 0.974. The molecule has 2 aliphatic rings. The summed E-state index contributed by atoms with van der Waals surface area (Å²) in [6.45, 7) is 5.37. The molecule has 0 saturated carbocycles. The van der Waals surface area contributed by atoms with E-state index in [4.69, 9.17) is 16.3 Å². The zero-order valence-corrected chi connectivity index (χ0v) is 16.6. The molecule has 1 aromatic carbocycles. The van der Waals surface area contributed by atoms with Crippen LogP contribution in [0, 0.1) is 0 Å². The topological polar surface area (TPSA) is 61.9 Å². The van der Waals surface area contributed by atoms with Gasteiger partial charge in [-0.3, -0.25) is 4.79 Å². The number of rotatable bonds is 3. The van der Waals surface area contributed by atoms with E-state index >= 15 is 0 Å². The third-order valence-corrected chi connectivity index (χ3v) is 5.96. The van der Waals surface area contributed by atoms with Gasteiger partial charge in [-0.15, -0.1) is 0 Å². The van der Waals surface area contributed by atoms with Crippen LogP contribution in [0.1, 0.15) is 31.7 Å². The van der Waals surface area contributed by atoms with Crippen LogP contribution in [0.15, 0.2) is 24.3 Å². The van der Waals surface area contributed by atoms with Crippen molar-refractivity contribution in [1.29, 1.82) is 0 Å². The van der Waals surface area contributed by atoms with E-state index in [1.807, 2.05) is 34.1 Å². The number of hydrogen-bond donors (Lipinski definition) is 1. The van der Waals surface area contributed by atoms with Crippen LogP contribution in [-0.2, 0) is 16.0 Å². The number of carbonyl (C=O) groups is 2. The van der Waals surface area contributed by atoms with E-state index < -0.39 is 0 Å². The van der Waals surface area contributed by atoms with Crippen LogP contribution in [0.3, 0.4) is 0 Å². The first kappa shape index (κ1) is 20.0. The molecule has 3 rings (SSSR count). The van der Waals surface area contributed by atoms with Gasteiger partial charge in [0.25, 0.3) is 0 Å². The Morgan fingerprint density at radius 2 is 1.81 bits per heavy atom. The van der Waals surface area contributed by atoms with Crippen LogP contribution in [0.5, 0.6) is 0 Å². The third kappa shape index (κ3) is 4.93. The minimum Gasteiger partial charge on any atom is -0.381 e. The van der Waals surface area contributed by atoms with Gasteiger partial charge in [-0.25, -0.2) is 4.79 Å². The molecular formula is C20H28ClN3O3. The summed E-state index contributed by atoms with van der Waals surface area (Å²) in [4.78, 5) is 28.6. The molecule has 0 radical (unpaired) electrons. The predicted octanol–water partition coefficient (Wildman–Crippen LogP) is 2.70. The summed E-state index contributed by atoms with van der Waals surface area (Å²) >= 11 is 5.90. The molecule has 2 heterocycles. The van der Waals surface area contributed by atoms with Crippen LogP contribution in [0.4, 0.5) is 4.79 Å². The average Bonchev–Trinajstić information content (AvgIpc) is 2.84. The van der Waals surface area contributed by atoms with E-state index in [-0.39, 0.29) is 17.5 Å². The van der Waals surface area contributed by atoms with Crippen molar-refractivity contribution < 1.29 is 14.3 Å². The van der Waals surface area contributed by atoms with Crippen molar-refractivity contribution >= 4 is 23.5 Å². The third-order valence-electron chi connectivity index (χ3n) is 5.71. The molecule has 0 aromatic heterocycles. The molecule has 0 unspecified atom stereocenters. The molecule has 3 amide bonds. The normalized spacial score (nSPS) is 19.6. The molecule has 0 bridgehead atoms. The Morgan fingerprint density at radius 3 is 2.48 bits per heavy atom. The number of hydrogen-bond acceptors (Lipinski definition) is 3. The van der Waals surface area contributed by atoms with E-state index in [2.05, 4.69) is 5.32 Å². The SMILES string of the molecule is CC(=O)N1CCN(C(=O)NCCc2ccc(Cl)cc2)CCC12CCOCC2. The lowest BCUT2D eigenvalue weighted by molar-refractivity contribution is -0.139. The largest absolute Gasteiger partial charge is 0.381 e. The standard InChI is InChI=1S/C20H28ClN3O3/c1-16(25)24-13-12-23(11-7-20(24)8-14-27-15-9-20)19(26)22-10-6-17-2-4-18(21)5-3-17/h2-5H,6-15H2,1H3,(H,22,26). The highest BCUT2D eigenvalue weighted by Crippen LogP contribution is 2.33. The van der Waals surface area contributed by atoms with Gasteiger partial charge in [0.2, 0.25) is 5.91 Å². The molecule has 0 atom stereocenters. The van der Waals surface area contributed by atoms with Crippen molar-refractivity contribution in [2.75, 3.05) is 39.4 Å². The maximum atomic E-state index is 12.6. The summed E-state index contributed by atoms with van der Waals surface area (Å²) in [5, 5.41) is 3.72. The fourth-order valence-electron chi connectivity index (χ4n) is 4.09. The molecule has 7 heteroatoms. The molecule has 1 spiro atoms. The van der Waals surface area contributed by atoms with Crippen molar-refractivity contribution in [3.8, 4) is 0 Å². The summed E-state index contributed by atoms with van der Waals surface area (Å²) < 4.78 is 5.50. The first-order valence-electron chi connectivity index (χ1n) is 9.63. The van der Waals surface area contributed by atoms with Crippen molar-refractivity contribution in [2.45, 2.75) is 38.1 Å². The summed E-state index contributed by atoms with van der Waals surface area (Å²) in [7, 11) is 0. The molecule has 0 aliphatic carbocycles. The Bertz CT molecular complexity index is 659. The molecule has 2 saturated heterocycles. The number of amides is 3. The van der Waals surface area contributed by atoms with Crippen molar-refractivity contribution in [2.24, 2.45) is 0 Å². The fraction of sp³-hybridized carbons (Fsp3) is 0.600. The van der Waals surface area contributed by atoms with Crippen LogP contribution in [0.2, 0.25) is 5.02 Å². The van der Waals surface area contributed by atoms with E-state index in [1.54, 1.807) is 6.92 Å². The van der Waals surface area contributed by atoms with Crippen LogP contribution in [-0.4, -0.2) is 66.7 Å². The number of halogens is 1. The Kier molecular flexibility index (Phi) is 6.60. The molecule has 1 N–H and O–H groups in total. The lowest BCUT2D eigenvalue weighted by Crippen LogP contribution is -2.54. The molecule has 2 fully saturated rings. The number of carbonyl (C=O) groups excluding carboxylic acids is 2. The maximum Gasteiger partial charge on any atom is 0.317 e. The second-order valence-electron chi connectivity index (χ2n) is 7.35. The highest BCUT2D eigenvalue weighted by molar-refractivity contribution is 6.30. The van der Waals surface area contributed by atoms with Crippen LogP contribution >= 0.6 is 11.6 Å². The molecule has 27 heavy (non-hydrogen) atoms. The monoisotopic (exact) mass is 393 g/mol. The summed E-state index contributed by atoms with van der Waals surface area (Å²) in [6, 6.07) is 7.60. The minimum atomic E-state index is -0.164. The number of urea groups is 1. The Hall–Kier alpha value is -1.79. The van der Waals surface area contributed by atoms with Gasteiger partial charge in [0, 0.05) is 56.9 Å². The second kappa shape index (κ2) is 8.93. The number of ether oxygens (including phenoxy) is 1. The van der Waals surface area contributed by atoms with Crippen LogP contribution in [0.25, 0.3) is 0 Å². The Balaban J connectivity index is 1.55. The van der Waals surface area contributed by atoms with Gasteiger partial charge < -0.3 is 19.9 Å². The molecule has 148 valence electrons. The van der Waals surface area contributed by atoms with Crippen molar-refractivity contribution in [3.63, 3.8) is 0 Å². The molecule has 1 aromatic rings. The van der Waals surface area contributed by atoms with E-state index in [0.717, 1.165) is 31.2 Å². The van der Waals surface area contributed by atoms with Gasteiger partial charge >= 0.3 is 6.03 Å². The van der Waals surface area contributed by atoms with Gasteiger partial charge in [0.15, 0.2) is 0 Å². The van der Waals surface area contributed by atoms with Gasteiger partial charge in [0.1, 0.15) is 0 Å². The van der Waals surface area contributed by atoms with E-state index in [9.17, 15) is 9.59 Å². The quantitative estimate of drug-likeness (QED) is 0.858. The van der Waals surface area contributed by atoms with Crippen LogP contribution < -0.4 is 5.32 Å². The van der Waals surface area contributed by atoms with Gasteiger partial charge in [0.05, 0.1) is 0 Å². The van der Waals surface area contributed by atoms with Crippen molar-refractivity contribution in [1.82, 2.24) is 15.1 Å². The van der Waals surface area contributed by atoms with E-state index in [1.165, 1.54) is 0 Å². The lowest BCUT2D eigenvalue weighted by Gasteiger charge is -2.44. The molecule has 2 aliphatic heterocycles. The molecule has 6 nitrogen and oxygen atoms in total. The first-order valence-corrected chi connectivity index (χ1v) is 10.0. The van der Waals surface area contributed by atoms with Crippen molar-refractivity contribution in [3.05, 3.63) is 34.9 Å². The number of benzene rings is 1. The minimum absolute atomic E-state index is 0.0587. The average molecular weight is 394 g/mol. The van der Waals surface area contributed by atoms with Gasteiger partial charge in [-0.2, -0.15) is 0 Å². The lowest BCUT2D eigenvalue weighted by atomic mass is 9.84. The zero-order chi connectivity index (χ0) is 19.3. The Morgan fingerprint density at radius 1 is 1.11 bits per heavy atom.